The third-order valence-corrected chi connectivity index (χ3v) is 5.77. The fraction of sp³-hybridized carbons (Fsp3) is 0.240. The van der Waals surface area contributed by atoms with Crippen LogP contribution in [0.1, 0.15) is 31.1 Å². The number of ether oxygens (including phenoxy) is 2. The maximum Gasteiger partial charge on any atom is 0.341 e. The van der Waals surface area contributed by atoms with E-state index in [4.69, 9.17) is 9.47 Å². The minimum Gasteiger partial charge on any atom is -0.495 e. The van der Waals surface area contributed by atoms with Crippen LogP contribution in [0.15, 0.2) is 53.9 Å². The van der Waals surface area contributed by atoms with E-state index in [0.717, 1.165) is 5.56 Å². The standard InChI is InChI=1S/C25H27N3O5S/c1-5-33-25(31)22-19(17-9-7-6-8-10-17)14-34-24(22)28-23(30)15(2)26-20-13-18(27-16(3)29)11-12-21(20)32-4/h6-15,26H,5H2,1-4H3,(H,27,29)(H,28,30). The number of rotatable bonds is 9. The Morgan fingerprint density at radius 1 is 1.06 bits per heavy atom. The van der Waals surface area contributed by atoms with Gasteiger partial charge in [0.15, 0.2) is 0 Å². The molecule has 0 bridgehead atoms. The number of carbonyl (C=O) groups excluding carboxylic acids is 3. The molecule has 9 heteroatoms. The Morgan fingerprint density at radius 3 is 2.44 bits per heavy atom. The van der Waals surface area contributed by atoms with Crippen LogP contribution in [0.2, 0.25) is 0 Å². The zero-order valence-electron chi connectivity index (χ0n) is 19.4. The Morgan fingerprint density at radius 2 is 1.79 bits per heavy atom. The first-order valence-corrected chi connectivity index (χ1v) is 11.6. The number of amides is 2. The first-order chi connectivity index (χ1) is 16.3. The van der Waals surface area contributed by atoms with E-state index >= 15 is 0 Å². The molecule has 1 atom stereocenters. The highest BCUT2D eigenvalue weighted by atomic mass is 32.1. The smallest absolute Gasteiger partial charge is 0.341 e. The molecular weight excluding hydrogens is 454 g/mol. The molecule has 34 heavy (non-hydrogen) atoms. The van der Waals surface area contributed by atoms with Crippen LogP contribution in [0.4, 0.5) is 16.4 Å². The van der Waals surface area contributed by atoms with Crippen LogP contribution >= 0.6 is 11.3 Å². The lowest BCUT2D eigenvalue weighted by molar-refractivity contribution is -0.116. The Labute approximate surface area is 202 Å². The SMILES string of the molecule is CCOC(=O)c1c(-c2ccccc2)csc1NC(=O)C(C)Nc1cc(NC(C)=O)ccc1OC. The Balaban J connectivity index is 1.83. The van der Waals surface area contributed by atoms with Crippen molar-refractivity contribution in [2.45, 2.75) is 26.8 Å². The highest BCUT2D eigenvalue weighted by Gasteiger charge is 2.24. The molecule has 1 heterocycles. The lowest BCUT2D eigenvalue weighted by Gasteiger charge is -2.18. The second kappa shape index (κ2) is 11.3. The summed E-state index contributed by atoms with van der Waals surface area (Å²) in [5.41, 5.74) is 2.98. The number of methoxy groups -OCH3 is 1. The van der Waals surface area contributed by atoms with E-state index < -0.39 is 12.0 Å². The molecule has 0 aliphatic carbocycles. The fourth-order valence-electron chi connectivity index (χ4n) is 3.31. The van der Waals surface area contributed by atoms with Crippen molar-refractivity contribution in [3.8, 4) is 16.9 Å². The topological polar surface area (TPSA) is 106 Å². The lowest BCUT2D eigenvalue weighted by atomic mass is 10.0. The number of benzene rings is 2. The summed E-state index contributed by atoms with van der Waals surface area (Å²) in [6.45, 7) is 5.06. The van der Waals surface area contributed by atoms with Crippen molar-refractivity contribution in [3.05, 3.63) is 59.5 Å². The highest BCUT2D eigenvalue weighted by Crippen LogP contribution is 2.36. The van der Waals surface area contributed by atoms with E-state index in [1.54, 1.807) is 32.0 Å². The highest BCUT2D eigenvalue weighted by molar-refractivity contribution is 7.15. The van der Waals surface area contributed by atoms with E-state index in [-0.39, 0.29) is 18.4 Å². The van der Waals surface area contributed by atoms with Gasteiger partial charge in [0.2, 0.25) is 11.8 Å². The van der Waals surface area contributed by atoms with Gasteiger partial charge in [0.25, 0.3) is 0 Å². The van der Waals surface area contributed by atoms with Gasteiger partial charge in [0.1, 0.15) is 22.4 Å². The van der Waals surface area contributed by atoms with Gasteiger partial charge in [-0.15, -0.1) is 11.3 Å². The average Bonchev–Trinajstić information content (AvgIpc) is 3.23. The number of hydrogen-bond donors (Lipinski definition) is 3. The van der Waals surface area contributed by atoms with Crippen molar-refractivity contribution in [1.82, 2.24) is 0 Å². The van der Waals surface area contributed by atoms with E-state index in [1.165, 1.54) is 25.4 Å². The van der Waals surface area contributed by atoms with Crippen LogP contribution in [-0.4, -0.2) is 37.5 Å². The van der Waals surface area contributed by atoms with Crippen LogP contribution in [0.3, 0.4) is 0 Å². The molecule has 2 aromatic carbocycles. The molecule has 0 radical (unpaired) electrons. The van der Waals surface area contributed by atoms with Crippen LogP contribution in [0.5, 0.6) is 5.75 Å². The Hall–Kier alpha value is -3.85. The first kappa shape index (κ1) is 24.8. The molecule has 0 spiro atoms. The summed E-state index contributed by atoms with van der Waals surface area (Å²) < 4.78 is 10.6. The molecule has 0 aliphatic heterocycles. The van der Waals surface area contributed by atoms with Gasteiger partial charge >= 0.3 is 5.97 Å². The molecule has 0 saturated carbocycles. The molecule has 0 fully saturated rings. The second-order valence-corrected chi connectivity index (χ2v) is 8.27. The summed E-state index contributed by atoms with van der Waals surface area (Å²) in [6, 6.07) is 13.9. The predicted molar refractivity (Wildman–Crippen MR) is 135 cm³/mol. The summed E-state index contributed by atoms with van der Waals surface area (Å²) >= 11 is 1.26. The molecule has 3 aromatic rings. The zero-order chi connectivity index (χ0) is 24.7. The molecular formula is C25H27N3O5S. The van der Waals surface area contributed by atoms with E-state index in [1.807, 2.05) is 35.7 Å². The quantitative estimate of drug-likeness (QED) is 0.372. The van der Waals surface area contributed by atoms with Gasteiger partial charge in [0.05, 0.1) is 19.4 Å². The Bertz CT molecular complexity index is 1180. The van der Waals surface area contributed by atoms with Gasteiger partial charge in [-0.3, -0.25) is 9.59 Å². The van der Waals surface area contributed by atoms with Crippen molar-refractivity contribution in [1.29, 1.82) is 0 Å². The Kier molecular flexibility index (Phi) is 8.26. The zero-order valence-corrected chi connectivity index (χ0v) is 20.2. The van der Waals surface area contributed by atoms with Crippen molar-refractivity contribution >= 4 is 45.5 Å². The van der Waals surface area contributed by atoms with E-state index in [9.17, 15) is 14.4 Å². The van der Waals surface area contributed by atoms with Gasteiger partial charge in [-0.05, 0) is 37.6 Å². The molecule has 0 aliphatic rings. The summed E-state index contributed by atoms with van der Waals surface area (Å²) in [7, 11) is 1.52. The number of anilines is 3. The summed E-state index contributed by atoms with van der Waals surface area (Å²) in [5.74, 6) is -0.536. The maximum absolute atomic E-state index is 13.0. The molecule has 178 valence electrons. The largest absolute Gasteiger partial charge is 0.495 e. The van der Waals surface area contributed by atoms with Gasteiger partial charge in [-0.2, -0.15) is 0 Å². The van der Waals surface area contributed by atoms with Crippen LogP contribution in [0, 0.1) is 0 Å². The lowest BCUT2D eigenvalue weighted by Crippen LogP contribution is -2.32. The monoisotopic (exact) mass is 481 g/mol. The van der Waals surface area contributed by atoms with Crippen molar-refractivity contribution in [2.24, 2.45) is 0 Å². The molecule has 3 rings (SSSR count). The molecule has 3 N–H and O–H groups in total. The van der Waals surface area contributed by atoms with Crippen LogP contribution in [-0.2, 0) is 14.3 Å². The summed E-state index contributed by atoms with van der Waals surface area (Å²) in [6.07, 6.45) is 0. The average molecular weight is 482 g/mol. The van der Waals surface area contributed by atoms with Gasteiger partial charge in [-0.25, -0.2) is 4.79 Å². The predicted octanol–water partition coefficient (Wildman–Crippen LogP) is 5.00. The number of nitrogens with one attached hydrogen (secondary N) is 3. The molecule has 2 amide bonds. The number of carbonyl (C=O) groups is 3. The molecule has 8 nitrogen and oxygen atoms in total. The fourth-order valence-corrected chi connectivity index (χ4v) is 4.27. The summed E-state index contributed by atoms with van der Waals surface area (Å²) in [4.78, 5) is 37.2. The number of thiophene rings is 1. The molecule has 0 saturated heterocycles. The van der Waals surface area contributed by atoms with E-state index in [2.05, 4.69) is 16.0 Å². The van der Waals surface area contributed by atoms with Crippen LogP contribution in [0.25, 0.3) is 11.1 Å². The minimum absolute atomic E-state index is 0.208. The van der Waals surface area contributed by atoms with Crippen molar-refractivity contribution in [2.75, 3.05) is 29.7 Å². The first-order valence-electron chi connectivity index (χ1n) is 10.7. The van der Waals surface area contributed by atoms with Crippen molar-refractivity contribution in [3.63, 3.8) is 0 Å². The number of esters is 1. The van der Waals surface area contributed by atoms with E-state index in [0.29, 0.717) is 33.3 Å². The number of hydrogen-bond acceptors (Lipinski definition) is 7. The third kappa shape index (κ3) is 5.93. The van der Waals surface area contributed by atoms with Gasteiger partial charge < -0.3 is 25.4 Å². The van der Waals surface area contributed by atoms with Gasteiger partial charge in [0, 0.05) is 23.6 Å². The second-order valence-electron chi connectivity index (χ2n) is 7.39. The molecule has 1 unspecified atom stereocenters. The van der Waals surface area contributed by atoms with Crippen molar-refractivity contribution < 1.29 is 23.9 Å². The minimum atomic E-state index is -0.682. The summed E-state index contributed by atoms with van der Waals surface area (Å²) in [5, 5.41) is 10.9. The maximum atomic E-state index is 13.0. The third-order valence-electron chi connectivity index (χ3n) is 4.88. The normalized spacial score (nSPS) is 11.3. The van der Waals surface area contributed by atoms with Crippen LogP contribution < -0.4 is 20.7 Å². The van der Waals surface area contributed by atoms with Gasteiger partial charge in [-0.1, -0.05) is 30.3 Å². The molecule has 1 aromatic heterocycles.